The lowest BCUT2D eigenvalue weighted by Crippen LogP contribution is -2.71. The minimum atomic E-state index is -4.52. The first-order chi connectivity index (χ1) is 48.8. The molecule has 3 heterocycles. The number of fused-ring (bicyclic) bond motifs is 3. The van der Waals surface area contributed by atoms with Crippen molar-refractivity contribution in [2.75, 3.05) is 82.6 Å². The number of carbonyl (C=O) groups excluding carboxylic acids is 12. The van der Waals surface area contributed by atoms with Crippen LogP contribution >= 0.6 is 11.6 Å². The number of alkyl halides is 4. The van der Waals surface area contributed by atoms with E-state index in [4.69, 9.17) is 18.0 Å². The first-order valence-corrected chi connectivity index (χ1v) is 38.3. The maximum absolute atomic E-state index is 15.8. The molecular formula is C76H116ClF3N12O12. The van der Waals surface area contributed by atoms with E-state index in [0.29, 0.717) is 44.4 Å². The molecule has 7 fully saturated rings. The van der Waals surface area contributed by atoms with E-state index >= 15 is 28.8 Å². The largest absolute Gasteiger partial charge is 0.393 e. The summed E-state index contributed by atoms with van der Waals surface area (Å²) >= 11 is 6.47. The summed E-state index contributed by atoms with van der Waals surface area (Å²) in [5.74, 6) is -8.12. The van der Waals surface area contributed by atoms with Crippen molar-refractivity contribution in [1.82, 2.24) is 60.0 Å². The van der Waals surface area contributed by atoms with Gasteiger partial charge < -0.3 is 60.0 Å². The number of rotatable bonds is 10. The van der Waals surface area contributed by atoms with Crippen LogP contribution in [0.5, 0.6) is 0 Å². The zero-order chi connectivity index (χ0) is 76.8. The molecule has 3 N–H and O–H groups in total. The molecule has 0 aromatic rings. The molecule has 5 aliphatic carbocycles. The van der Waals surface area contributed by atoms with E-state index < -0.39 is 184 Å². The predicted octanol–water partition coefficient (Wildman–Crippen LogP) is 6.12. The summed E-state index contributed by atoms with van der Waals surface area (Å²) in [4.78, 5) is 193. The first kappa shape index (κ1) is 82.7. The minimum absolute atomic E-state index is 0.00170. The van der Waals surface area contributed by atoms with E-state index in [1.54, 1.807) is 19.9 Å². The zero-order valence-electron chi connectivity index (χ0n) is 63.6. The molecule has 0 aromatic carbocycles. The van der Waals surface area contributed by atoms with E-state index in [1.165, 1.54) is 85.8 Å². The lowest BCUT2D eigenvalue weighted by Gasteiger charge is -2.54. The lowest BCUT2D eigenvalue weighted by atomic mass is 9.58. The second kappa shape index (κ2) is 34.3. The Morgan fingerprint density at radius 3 is 1.94 bits per heavy atom. The van der Waals surface area contributed by atoms with Crippen LogP contribution in [0, 0.1) is 58.7 Å². The SMILES string of the molecule is C#CC[C@H]1C(=O)N[C@@H]([C@@H](C)CC)C(=O)N(C)CC(=O)N(C)[C@H]2C/C=C\CCN(C2=O)[C@@H](CC2CCC(C)CC2)C(=O)N(C)CC(=O)N[C@@H](CCC2CCC(C(F)(F)F)C(Cl)C2)C(=O)N2CC3(CC3)C[C@H]2C(=O)NC2(CC(C)(C)C2)C(=O)N(C)[C@@H](C2CCCC2)C(=O)N(C)[C@H](C(=O)N(C)C)CC(=O)N1C. The summed E-state index contributed by atoms with van der Waals surface area (Å²) in [7, 11) is 11.4. The van der Waals surface area contributed by atoms with Crippen LogP contribution < -0.4 is 16.0 Å². The van der Waals surface area contributed by atoms with Crippen molar-refractivity contribution >= 4 is 82.5 Å². The molecule has 12 amide bonds. The zero-order valence-corrected chi connectivity index (χ0v) is 64.4. The van der Waals surface area contributed by atoms with Crippen LogP contribution in [-0.4, -0.2) is 263 Å². The third-order valence-corrected chi connectivity index (χ3v) is 25.0. The topological polar surface area (TPSA) is 270 Å². The number of hydrogen-bond acceptors (Lipinski definition) is 12. The average Bonchev–Trinajstić information content (AvgIpc) is 1.18. The maximum Gasteiger partial charge on any atom is 0.393 e. The molecule has 0 aromatic heterocycles. The van der Waals surface area contributed by atoms with Crippen molar-refractivity contribution in [3.05, 3.63) is 12.2 Å². The Morgan fingerprint density at radius 1 is 0.721 bits per heavy atom. The fourth-order valence-electron chi connectivity index (χ4n) is 17.8. The molecule has 580 valence electrons. The Balaban J connectivity index is 1.19. The van der Waals surface area contributed by atoms with Crippen molar-refractivity contribution in [2.45, 2.75) is 254 Å². The van der Waals surface area contributed by atoms with Crippen LogP contribution in [0.15, 0.2) is 12.2 Å². The normalized spacial score (nSPS) is 32.4. The Morgan fingerprint density at radius 2 is 1.36 bits per heavy atom. The van der Waals surface area contributed by atoms with Gasteiger partial charge in [0.2, 0.25) is 70.9 Å². The highest BCUT2D eigenvalue weighted by Gasteiger charge is 2.62. The fraction of sp³-hybridized carbons (Fsp3) is 0.789. The quantitative estimate of drug-likeness (QED) is 0.127. The molecule has 28 heteroatoms. The van der Waals surface area contributed by atoms with Crippen LogP contribution in [-0.2, 0) is 57.5 Å². The molecule has 2 spiro atoms. The summed E-state index contributed by atoms with van der Waals surface area (Å²) < 4.78 is 42.4. The third-order valence-electron chi connectivity index (χ3n) is 24.5. The van der Waals surface area contributed by atoms with Crippen molar-refractivity contribution in [2.24, 2.45) is 46.3 Å². The van der Waals surface area contributed by atoms with E-state index in [9.17, 15) is 41.9 Å². The Kier molecular flexibility index (Phi) is 27.3. The van der Waals surface area contributed by atoms with Crippen molar-refractivity contribution in [3.63, 3.8) is 0 Å². The number of hydrogen-bond donors (Lipinski definition) is 3. The van der Waals surface area contributed by atoms with Gasteiger partial charge in [-0.25, -0.2) is 0 Å². The van der Waals surface area contributed by atoms with Gasteiger partial charge in [0.1, 0.15) is 53.9 Å². The van der Waals surface area contributed by atoms with Crippen LogP contribution in [0.2, 0.25) is 0 Å². The van der Waals surface area contributed by atoms with Crippen molar-refractivity contribution < 1.29 is 70.7 Å². The lowest BCUT2D eigenvalue weighted by molar-refractivity contribution is -0.182. The highest BCUT2D eigenvalue weighted by atomic mass is 35.5. The summed E-state index contributed by atoms with van der Waals surface area (Å²) in [5.41, 5.74) is -2.59. The molecule has 3 aliphatic heterocycles. The molecule has 2 saturated heterocycles. The van der Waals surface area contributed by atoms with Gasteiger partial charge in [0.25, 0.3) is 0 Å². The minimum Gasteiger partial charge on any atom is -0.347 e. The number of amides is 12. The molecule has 8 rings (SSSR count). The third kappa shape index (κ3) is 19.2. The number of nitrogens with one attached hydrogen (secondary N) is 3. The second-order valence-corrected chi connectivity index (χ2v) is 33.8. The molecule has 2 bridgehead atoms. The van der Waals surface area contributed by atoms with Crippen LogP contribution in [0.1, 0.15) is 189 Å². The monoisotopic (exact) mass is 1480 g/mol. The summed E-state index contributed by atoms with van der Waals surface area (Å²) in [6.07, 6.45) is 12.6. The van der Waals surface area contributed by atoms with Gasteiger partial charge in [0, 0.05) is 81.3 Å². The number of halogens is 4. The number of likely N-dealkylation sites (N-methyl/N-ethyl adjacent to an activating group) is 7. The van der Waals surface area contributed by atoms with Crippen LogP contribution in [0.3, 0.4) is 0 Å². The van der Waals surface area contributed by atoms with Gasteiger partial charge in [-0.1, -0.05) is 91.7 Å². The molecule has 5 saturated carbocycles. The number of terminal acetylenes is 1. The van der Waals surface area contributed by atoms with Gasteiger partial charge in [0.15, 0.2) is 0 Å². The maximum atomic E-state index is 15.8. The highest BCUT2D eigenvalue weighted by molar-refractivity contribution is 6.21. The van der Waals surface area contributed by atoms with Gasteiger partial charge >= 0.3 is 6.18 Å². The van der Waals surface area contributed by atoms with Gasteiger partial charge in [-0.05, 0) is 137 Å². The van der Waals surface area contributed by atoms with Crippen molar-refractivity contribution in [1.29, 1.82) is 0 Å². The van der Waals surface area contributed by atoms with Gasteiger partial charge in [-0.2, -0.15) is 13.2 Å². The Labute approximate surface area is 618 Å². The van der Waals surface area contributed by atoms with E-state index in [2.05, 4.69) is 28.8 Å². The molecule has 3 unspecified atom stereocenters. The molecule has 104 heavy (non-hydrogen) atoms. The van der Waals surface area contributed by atoms with Gasteiger partial charge in [-0.15, -0.1) is 23.9 Å². The van der Waals surface area contributed by atoms with E-state index in [0.717, 1.165) is 53.2 Å². The summed E-state index contributed by atoms with van der Waals surface area (Å²) in [5, 5.41) is 7.62. The molecular weight excluding hydrogens is 1370 g/mol. The fourth-order valence-corrected chi connectivity index (χ4v) is 18.3. The molecule has 12 atom stereocenters. The van der Waals surface area contributed by atoms with Crippen LogP contribution in [0.25, 0.3) is 0 Å². The van der Waals surface area contributed by atoms with E-state index in [1.807, 2.05) is 19.9 Å². The second-order valence-electron chi connectivity index (χ2n) is 33.2. The standard InChI is InChI=1S/C76H116ClF3N12O12/c1-15-22-54-64(96)82-62(47(4)16-2)70(102)86(10)42-61(95)88(12)55-25-18-17-21-36-91(69(55)101)57(38-49-28-26-46(3)27-29-49)68(100)85(9)41-59(93)81-53(33-31-48-30-32-51(52(77)37-48)76(78,79)80)66(98)92-45-74(34-35-74)40-58(92)65(97)83-75(43-73(5,6)44-75)72(104)90(14)63(50-23-19-20-24-50)71(103)89(13)56(67(99)84(7)8)39-60(94)87(54)11/h1,17-18,46-58,62-63H,16,19-45H2,2-14H3,(H,81,93)(H,82,96)(H,83,97)/b18-17-/t46?,47-,48?,49?,51?,52?,53-,54-,55-,56-,57-,58-,62-,63-/m0/s1. The molecule has 24 nitrogen and oxygen atoms in total. The summed E-state index contributed by atoms with van der Waals surface area (Å²) in [6.45, 7) is 8.61. The first-order valence-electron chi connectivity index (χ1n) is 37.9. The molecule has 8 aliphatic rings. The highest BCUT2D eigenvalue weighted by Crippen LogP contribution is 2.56. The Bertz CT molecular complexity index is 3260. The van der Waals surface area contributed by atoms with Gasteiger partial charge in [0.05, 0.1) is 25.4 Å². The summed E-state index contributed by atoms with van der Waals surface area (Å²) in [6, 6.07) is -10.2. The molecule has 0 radical (unpaired) electrons. The van der Waals surface area contributed by atoms with Crippen molar-refractivity contribution in [3.8, 4) is 12.3 Å². The van der Waals surface area contributed by atoms with Crippen LogP contribution in [0.4, 0.5) is 13.2 Å². The number of nitrogens with zero attached hydrogens (tertiary/aromatic N) is 9. The van der Waals surface area contributed by atoms with Gasteiger partial charge in [-0.3, -0.25) is 57.5 Å². The van der Waals surface area contributed by atoms with E-state index in [-0.39, 0.29) is 95.6 Å². The Hall–Kier alpha value is -6.98. The smallest absolute Gasteiger partial charge is 0.347 e. The average molecular weight is 1480 g/mol. The number of carbonyl (C=O) groups is 12. The predicted molar refractivity (Wildman–Crippen MR) is 385 cm³/mol.